The van der Waals surface area contributed by atoms with Crippen LogP contribution >= 0.6 is 10.7 Å². The summed E-state index contributed by atoms with van der Waals surface area (Å²) in [7, 11) is 1.72. The van der Waals surface area contributed by atoms with Gasteiger partial charge in [0.2, 0.25) is 15.0 Å². The van der Waals surface area contributed by atoms with E-state index in [1.165, 1.54) is 0 Å². The van der Waals surface area contributed by atoms with Crippen LogP contribution in [0.3, 0.4) is 0 Å². The van der Waals surface area contributed by atoms with Crippen molar-refractivity contribution in [1.29, 1.82) is 0 Å². The molecule has 0 radical (unpaired) electrons. The third-order valence-electron chi connectivity index (χ3n) is 4.07. The van der Waals surface area contributed by atoms with Crippen LogP contribution in [0.1, 0.15) is 23.7 Å². The molecule has 5 nitrogen and oxygen atoms in total. The molecule has 2 unspecified atom stereocenters. The summed E-state index contributed by atoms with van der Waals surface area (Å²) < 4.78 is 22.7. The Kier molecular flexibility index (Phi) is 4.87. The molecule has 1 aromatic carbocycles. The molecule has 1 amide bonds. The van der Waals surface area contributed by atoms with Gasteiger partial charge in [-0.05, 0) is 17.7 Å². The van der Waals surface area contributed by atoms with Crippen molar-refractivity contribution in [1.82, 2.24) is 9.88 Å². The number of pyridine rings is 1. The molecule has 24 heavy (non-hydrogen) atoms. The first-order valence-corrected chi connectivity index (χ1v) is 10.1. The monoisotopic (exact) mass is 364 g/mol. The first-order chi connectivity index (χ1) is 11.4. The number of hydrogen-bond donors (Lipinski definition) is 0. The molecule has 126 valence electrons. The van der Waals surface area contributed by atoms with Crippen molar-refractivity contribution in [3.63, 3.8) is 0 Å². The second-order valence-electron chi connectivity index (χ2n) is 5.89. The molecule has 0 bridgehead atoms. The van der Waals surface area contributed by atoms with Gasteiger partial charge in [0.15, 0.2) is 0 Å². The molecule has 1 saturated heterocycles. The summed E-state index contributed by atoms with van der Waals surface area (Å²) in [6.07, 6.45) is 1.87. The smallest absolute Gasteiger partial charge is 0.232 e. The van der Waals surface area contributed by atoms with Gasteiger partial charge in [-0.1, -0.05) is 36.4 Å². The van der Waals surface area contributed by atoms with Crippen molar-refractivity contribution >= 4 is 25.6 Å². The summed E-state index contributed by atoms with van der Waals surface area (Å²) in [6, 6.07) is 14.8. The quantitative estimate of drug-likeness (QED) is 0.765. The minimum atomic E-state index is -3.63. The van der Waals surface area contributed by atoms with E-state index in [4.69, 9.17) is 10.7 Å². The molecule has 7 heteroatoms. The molecule has 1 aliphatic rings. The molecule has 0 aliphatic carbocycles. The molecule has 0 N–H and O–H groups in total. The fourth-order valence-corrected chi connectivity index (χ4v) is 4.46. The van der Waals surface area contributed by atoms with Gasteiger partial charge in [-0.2, -0.15) is 0 Å². The topological polar surface area (TPSA) is 67.3 Å². The molecule has 3 rings (SSSR count). The summed E-state index contributed by atoms with van der Waals surface area (Å²) in [6.45, 7) is 0.348. The van der Waals surface area contributed by atoms with Crippen LogP contribution in [0.2, 0.25) is 0 Å². The Morgan fingerprint density at radius 2 is 1.88 bits per heavy atom. The molecule has 2 atom stereocenters. The maximum atomic E-state index is 12.5. The summed E-state index contributed by atoms with van der Waals surface area (Å²) in [5.41, 5.74) is 1.70. The Balaban J connectivity index is 1.93. The lowest BCUT2D eigenvalue weighted by atomic mass is 10.0. The number of hydrogen-bond acceptors (Lipinski definition) is 4. The number of carbonyl (C=O) groups excluding carboxylic acids is 1. The Morgan fingerprint density at radius 1 is 1.17 bits per heavy atom. The Bertz CT molecular complexity index is 773. The molecule has 2 aromatic rings. The van der Waals surface area contributed by atoms with Gasteiger partial charge < -0.3 is 4.90 Å². The lowest BCUT2D eigenvalue weighted by Crippen LogP contribution is -2.32. The Labute approximate surface area is 145 Å². The molecule has 1 aliphatic heterocycles. The molecule has 1 aromatic heterocycles. The van der Waals surface area contributed by atoms with Crippen LogP contribution in [-0.4, -0.2) is 36.5 Å². The molecular formula is C17H17ClN2O3S. The van der Waals surface area contributed by atoms with E-state index in [9.17, 15) is 13.2 Å². The first-order valence-electron chi connectivity index (χ1n) is 7.62. The number of amides is 1. The Morgan fingerprint density at radius 3 is 2.50 bits per heavy atom. The minimum Gasteiger partial charge on any atom is -0.330 e. The van der Waals surface area contributed by atoms with E-state index in [1.54, 1.807) is 11.1 Å². The molecule has 0 spiro atoms. The van der Waals surface area contributed by atoms with Crippen LogP contribution in [0.25, 0.3) is 0 Å². The van der Waals surface area contributed by atoms with Gasteiger partial charge in [-0.25, -0.2) is 8.42 Å². The summed E-state index contributed by atoms with van der Waals surface area (Å²) in [5.74, 6) is -0.574. The van der Waals surface area contributed by atoms with Crippen LogP contribution in [0.4, 0.5) is 0 Å². The van der Waals surface area contributed by atoms with Gasteiger partial charge in [0.1, 0.15) is 0 Å². The van der Waals surface area contributed by atoms with Gasteiger partial charge in [0, 0.05) is 35.8 Å². The maximum absolute atomic E-state index is 12.5. The van der Waals surface area contributed by atoms with Crippen LogP contribution < -0.4 is 0 Å². The van der Waals surface area contributed by atoms with E-state index in [0.717, 1.165) is 11.3 Å². The largest absolute Gasteiger partial charge is 0.330 e. The van der Waals surface area contributed by atoms with Gasteiger partial charge in [0.05, 0.1) is 17.5 Å². The van der Waals surface area contributed by atoms with E-state index in [1.807, 2.05) is 48.5 Å². The number of halogens is 1. The van der Waals surface area contributed by atoms with Crippen molar-refractivity contribution in [3.8, 4) is 0 Å². The standard InChI is InChI=1S/C17H17ClN2O3S/c18-24(22,23)12-13-10-16(21)20(11-13)17(14-6-2-1-3-7-14)15-8-4-5-9-19-15/h1-9,13,17H,10-12H2. The molecular weight excluding hydrogens is 348 g/mol. The molecule has 1 fully saturated rings. The number of carbonyl (C=O) groups is 1. The minimum absolute atomic E-state index is 0.0835. The third-order valence-corrected chi connectivity index (χ3v) is 5.32. The Hall–Kier alpha value is -1.92. The zero-order valence-corrected chi connectivity index (χ0v) is 14.4. The highest BCUT2D eigenvalue weighted by atomic mass is 35.7. The van der Waals surface area contributed by atoms with Gasteiger partial charge in [-0.15, -0.1) is 0 Å². The van der Waals surface area contributed by atoms with E-state index >= 15 is 0 Å². The third kappa shape index (κ3) is 3.94. The van der Waals surface area contributed by atoms with Gasteiger partial charge >= 0.3 is 0 Å². The fraction of sp³-hybridized carbons (Fsp3) is 0.294. The van der Waals surface area contributed by atoms with Crippen molar-refractivity contribution < 1.29 is 13.2 Å². The summed E-state index contributed by atoms with van der Waals surface area (Å²) in [4.78, 5) is 18.6. The van der Waals surface area contributed by atoms with Crippen LogP contribution in [-0.2, 0) is 13.8 Å². The predicted molar refractivity (Wildman–Crippen MR) is 92.0 cm³/mol. The maximum Gasteiger partial charge on any atom is 0.232 e. The van der Waals surface area contributed by atoms with E-state index in [0.29, 0.717) is 6.54 Å². The average molecular weight is 365 g/mol. The van der Waals surface area contributed by atoms with Crippen molar-refractivity contribution in [3.05, 3.63) is 66.0 Å². The zero-order chi connectivity index (χ0) is 17.2. The lowest BCUT2D eigenvalue weighted by molar-refractivity contribution is -0.129. The number of rotatable bonds is 5. The van der Waals surface area contributed by atoms with E-state index < -0.39 is 9.05 Å². The molecule has 0 saturated carbocycles. The molecule has 2 heterocycles. The van der Waals surface area contributed by atoms with Crippen molar-refractivity contribution in [2.75, 3.05) is 12.3 Å². The summed E-state index contributed by atoms with van der Waals surface area (Å²) in [5, 5.41) is 0. The van der Waals surface area contributed by atoms with E-state index in [2.05, 4.69) is 4.98 Å². The lowest BCUT2D eigenvalue weighted by Gasteiger charge is -2.28. The average Bonchev–Trinajstić information content (AvgIpc) is 2.88. The number of likely N-dealkylation sites (tertiary alicyclic amines) is 1. The van der Waals surface area contributed by atoms with Crippen LogP contribution in [0.5, 0.6) is 0 Å². The van der Waals surface area contributed by atoms with Gasteiger partial charge in [0.25, 0.3) is 0 Å². The summed E-state index contributed by atoms with van der Waals surface area (Å²) >= 11 is 0. The second kappa shape index (κ2) is 6.91. The van der Waals surface area contributed by atoms with Crippen LogP contribution in [0.15, 0.2) is 54.7 Å². The SMILES string of the molecule is O=C1CC(CS(=O)(=O)Cl)CN1C(c1ccccc1)c1ccccn1. The highest BCUT2D eigenvalue weighted by Gasteiger charge is 2.37. The van der Waals surface area contributed by atoms with Crippen molar-refractivity contribution in [2.45, 2.75) is 12.5 Å². The number of nitrogens with zero attached hydrogens (tertiary/aromatic N) is 2. The van der Waals surface area contributed by atoms with E-state index in [-0.39, 0.29) is 30.0 Å². The van der Waals surface area contributed by atoms with Gasteiger partial charge in [-0.3, -0.25) is 9.78 Å². The number of aromatic nitrogens is 1. The normalized spacial score (nSPS) is 19.5. The van der Waals surface area contributed by atoms with Crippen LogP contribution in [0, 0.1) is 5.92 Å². The predicted octanol–water partition coefficient (Wildman–Crippen LogP) is 2.59. The fourth-order valence-electron chi connectivity index (χ4n) is 3.13. The second-order valence-corrected chi connectivity index (χ2v) is 8.71. The highest BCUT2D eigenvalue weighted by molar-refractivity contribution is 8.13. The first kappa shape index (κ1) is 16.9. The highest BCUT2D eigenvalue weighted by Crippen LogP contribution is 2.33. The van der Waals surface area contributed by atoms with Crippen molar-refractivity contribution in [2.24, 2.45) is 5.92 Å². The zero-order valence-electron chi connectivity index (χ0n) is 12.9. The number of benzene rings is 1.